The van der Waals surface area contributed by atoms with Crippen molar-refractivity contribution in [2.45, 2.75) is 78.4 Å². The van der Waals surface area contributed by atoms with Crippen molar-refractivity contribution < 1.29 is 4.74 Å². The van der Waals surface area contributed by atoms with Gasteiger partial charge in [0, 0.05) is 0 Å². The van der Waals surface area contributed by atoms with E-state index in [2.05, 4.69) is 27.7 Å². The van der Waals surface area contributed by atoms with E-state index in [0.29, 0.717) is 17.6 Å². The van der Waals surface area contributed by atoms with E-state index in [1.165, 1.54) is 38.5 Å². The monoisotopic (exact) mass is 198 g/mol. The molecule has 0 radical (unpaired) electrons. The minimum absolute atomic E-state index is 0.372. The summed E-state index contributed by atoms with van der Waals surface area (Å²) in [5, 5.41) is 0. The quantitative estimate of drug-likeness (QED) is 0.659. The number of rotatable bonds is 4. The molecule has 1 rings (SSSR count). The molecule has 1 saturated carbocycles. The van der Waals surface area contributed by atoms with E-state index in [4.69, 9.17) is 4.74 Å². The third kappa shape index (κ3) is 4.00. The van der Waals surface area contributed by atoms with Crippen molar-refractivity contribution in [3.63, 3.8) is 0 Å². The number of ether oxygens (including phenoxy) is 1. The van der Waals surface area contributed by atoms with Crippen LogP contribution in [-0.2, 0) is 4.74 Å². The predicted molar refractivity (Wildman–Crippen MR) is 61.5 cm³/mol. The van der Waals surface area contributed by atoms with Crippen molar-refractivity contribution in [3.05, 3.63) is 0 Å². The highest BCUT2D eigenvalue weighted by molar-refractivity contribution is 4.80. The molecular weight excluding hydrogens is 172 g/mol. The molecule has 0 N–H and O–H groups in total. The molecule has 0 saturated heterocycles. The fourth-order valence-electron chi connectivity index (χ4n) is 2.82. The summed E-state index contributed by atoms with van der Waals surface area (Å²) in [6.45, 7) is 8.91. The maximum atomic E-state index is 5.82. The number of hydrogen-bond donors (Lipinski definition) is 0. The normalized spacial score (nSPS) is 23.8. The average molecular weight is 198 g/mol. The lowest BCUT2D eigenvalue weighted by Crippen LogP contribution is -2.27. The second-order valence-electron chi connectivity index (χ2n) is 5.57. The molecule has 0 amide bonds. The van der Waals surface area contributed by atoms with Crippen LogP contribution in [0.15, 0.2) is 0 Å². The lowest BCUT2D eigenvalue weighted by Gasteiger charge is -2.36. The Labute approximate surface area is 89.2 Å². The first kappa shape index (κ1) is 12.0. The summed E-state index contributed by atoms with van der Waals surface area (Å²) in [5.41, 5.74) is 0.562. The van der Waals surface area contributed by atoms with Gasteiger partial charge in [-0.3, -0.25) is 0 Å². The van der Waals surface area contributed by atoms with E-state index >= 15 is 0 Å². The summed E-state index contributed by atoms with van der Waals surface area (Å²) in [7, 11) is 0. The predicted octanol–water partition coefficient (Wildman–Crippen LogP) is 4.16. The lowest BCUT2D eigenvalue weighted by atomic mass is 9.72. The molecule has 14 heavy (non-hydrogen) atoms. The molecule has 1 aliphatic rings. The van der Waals surface area contributed by atoms with E-state index in [-0.39, 0.29) is 0 Å². The van der Waals surface area contributed by atoms with Gasteiger partial charge in [0.25, 0.3) is 0 Å². The Bertz CT molecular complexity index is 157. The molecule has 0 spiro atoms. The minimum Gasteiger partial charge on any atom is -0.376 e. The summed E-state index contributed by atoms with van der Waals surface area (Å²) in [6.07, 6.45) is 9.13. The highest BCUT2D eigenvalue weighted by Crippen LogP contribution is 2.40. The van der Waals surface area contributed by atoms with Gasteiger partial charge in [0.2, 0.25) is 0 Å². The molecule has 0 aliphatic heterocycles. The van der Waals surface area contributed by atoms with Crippen molar-refractivity contribution >= 4 is 0 Å². The molecule has 1 atom stereocenters. The molecule has 1 heteroatoms. The summed E-state index contributed by atoms with van der Waals surface area (Å²) in [5.74, 6) is 0. The van der Waals surface area contributed by atoms with E-state index in [1.807, 2.05) is 0 Å². The van der Waals surface area contributed by atoms with Crippen LogP contribution in [0.5, 0.6) is 0 Å². The smallest absolute Gasteiger partial charge is 0.0555 e. The fourth-order valence-corrected chi connectivity index (χ4v) is 2.82. The summed E-state index contributed by atoms with van der Waals surface area (Å²) < 4.78 is 5.82. The Morgan fingerprint density at radius 3 is 2.14 bits per heavy atom. The van der Waals surface area contributed by atoms with Crippen LogP contribution in [0.3, 0.4) is 0 Å². The van der Waals surface area contributed by atoms with Crippen molar-refractivity contribution in [3.8, 4) is 0 Å². The highest BCUT2D eigenvalue weighted by atomic mass is 16.5. The molecule has 1 nitrogen and oxygen atoms in total. The van der Waals surface area contributed by atoms with Crippen LogP contribution in [0.25, 0.3) is 0 Å². The van der Waals surface area contributed by atoms with Gasteiger partial charge in [0.05, 0.1) is 12.2 Å². The van der Waals surface area contributed by atoms with Crippen molar-refractivity contribution in [2.24, 2.45) is 5.41 Å². The van der Waals surface area contributed by atoms with Crippen LogP contribution >= 0.6 is 0 Å². The second kappa shape index (κ2) is 5.16. The van der Waals surface area contributed by atoms with Gasteiger partial charge in [-0.05, 0) is 45.4 Å². The maximum absolute atomic E-state index is 5.82. The van der Waals surface area contributed by atoms with E-state index in [9.17, 15) is 0 Å². The van der Waals surface area contributed by atoms with Gasteiger partial charge in [-0.25, -0.2) is 0 Å². The first-order valence-electron chi connectivity index (χ1n) is 6.17. The maximum Gasteiger partial charge on any atom is 0.0555 e. The van der Waals surface area contributed by atoms with E-state index < -0.39 is 0 Å². The lowest BCUT2D eigenvalue weighted by molar-refractivity contribution is -0.0143. The Balaban J connectivity index is 2.33. The van der Waals surface area contributed by atoms with Gasteiger partial charge in [-0.2, -0.15) is 0 Å². The van der Waals surface area contributed by atoms with E-state index in [1.54, 1.807) is 0 Å². The van der Waals surface area contributed by atoms with Gasteiger partial charge in [0.15, 0.2) is 0 Å². The zero-order valence-corrected chi connectivity index (χ0v) is 10.3. The molecule has 0 bridgehead atoms. The summed E-state index contributed by atoms with van der Waals surface area (Å²) >= 11 is 0. The fraction of sp³-hybridized carbons (Fsp3) is 1.00. The van der Waals surface area contributed by atoms with Gasteiger partial charge < -0.3 is 4.74 Å². The van der Waals surface area contributed by atoms with Crippen LogP contribution in [-0.4, -0.2) is 12.2 Å². The zero-order valence-electron chi connectivity index (χ0n) is 10.3. The SMILES string of the molecule is CC(C)OC(C)CC1(C)CCCCC1. The molecular formula is C13H26O. The van der Waals surface area contributed by atoms with Gasteiger partial charge in [-0.1, -0.05) is 26.2 Å². The van der Waals surface area contributed by atoms with E-state index in [0.717, 1.165) is 0 Å². The van der Waals surface area contributed by atoms with Crippen molar-refractivity contribution in [1.29, 1.82) is 0 Å². The molecule has 1 unspecified atom stereocenters. The highest BCUT2D eigenvalue weighted by Gasteiger charge is 2.28. The van der Waals surface area contributed by atoms with Crippen LogP contribution in [0, 0.1) is 5.41 Å². The van der Waals surface area contributed by atoms with Gasteiger partial charge >= 0.3 is 0 Å². The minimum atomic E-state index is 0.372. The van der Waals surface area contributed by atoms with Crippen LogP contribution < -0.4 is 0 Å². The zero-order chi connectivity index (χ0) is 10.6. The largest absolute Gasteiger partial charge is 0.376 e. The molecule has 0 heterocycles. The molecule has 0 aromatic rings. The topological polar surface area (TPSA) is 9.23 Å². The standard InChI is InChI=1S/C13H26O/c1-11(2)14-12(3)10-13(4)8-6-5-7-9-13/h11-12H,5-10H2,1-4H3. The first-order valence-corrected chi connectivity index (χ1v) is 6.17. The molecule has 0 aromatic carbocycles. The molecule has 1 aliphatic carbocycles. The molecule has 0 aromatic heterocycles. The first-order chi connectivity index (χ1) is 6.52. The molecule has 1 fully saturated rings. The Morgan fingerprint density at radius 1 is 1.07 bits per heavy atom. The molecule has 84 valence electrons. The Kier molecular flexibility index (Phi) is 4.43. The average Bonchev–Trinajstić information content (AvgIpc) is 2.02. The second-order valence-corrected chi connectivity index (χ2v) is 5.57. The third-order valence-electron chi connectivity index (χ3n) is 3.35. The van der Waals surface area contributed by atoms with Crippen molar-refractivity contribution in [2.75, 3.05) is 0 Å². The number of hydrogen-bond acceptors (Lipinski definition) is 1. The Hall–Kier alpha value is -0.0400. The summed E-state index contributed by atoms with van der Waals surface area (Å²) in [6, 6.07) is 0. The summed E-state index contributed by atoms with van der Waals surface area (Å²) in [4.78, 5) is 0. The van der Waals surface area contributed by atoms with Gasteiger partial charge in [-0.15, -0.1) is 0 Å². The van der Waals surface area contributed by atoms with Crippen LogP contribution in [0.4, 0.5) is 0 Å². The van der Waals surface area contributed by atoms with Crippen LogP contribution in [0.1, 0.15) is 66.2 Å². The van der Waals surface area contributed by atoms with Crippen LogP contribution in [0.2, 0.25) is 0 Å². The third-order valence-corrected chi connectivity index (χ3v) is 3.35. The Morgan fingerprint density at radius 2 is 1.64 bits per heavy atom. The van der Waals surface area contributed by atoms with Gasteiger partial charge in [0.1, 0.15) is 0 Å². The van der Waals surface area contributed by atoms with Crippen molar-refractivity contribution in [1.82, 2.24) is 0 Å².